The van der Waals surface area contributed by atoms with Gasteiger partial charge in [0.15, 0.2) is 0 Å². The van der Waals surface area contributed by atoms with Crippen LogP contribution in [0.5, 0.6) is 0 Å². The van der Waals surface area contributed by atoms with Crippen LogP contribution in [-0.4, -0.2) is 20.7 Å². The van der Waals surface area contributed by atoms with Gasteiger partial charge < -0.3 is 10.6 Å². The Bertz CT molecular complexity index is 790. The predicted molar refractivity (Wildman–Crippen MR) is 95.4 cm³/mol. The molecule has 0 heterocycles. The molecule has 0 aromatic heterocycles. The van der Waals surface area contributed by atoms with Gasteiger partial charge in [0.25, 0.3) is 0 Å². The van der Waals surface area contributed by atoms with E-state index in [-0.39, 0.29) is 12.6 Å². The summed E-state index contributed by atoms with van der Waals surface area (Å²) in [4.78, 5) is 11.9. The Morgan fingerprint density at radius 1 is 0.958 bits per heavy atom. The van der Waals surface area contributed by atoms with Gasteiger partial charge in [-0.1, -0.05) is 35.9 Å². The maximum atomic E-state index is 11.9. The zero-order chi connectivity index (χ0) is 17.6. The second kappa shape index (κ2) is 8.14. The fraction of sp³-hybridized carbons (Fsp3) is 0.188. The number of hydrogen-bond acceptors (Lipinski definition) is 3. The summed E-state index contributed by atoms with van der Waals surface area (Å²) < 4.78 is 24.5. The molecule has 0 bridgehead atoms. The van der Waals surface area contributed by atoms with Crippen LogP contribution in [0.1, 0.15) is 11.1 Å². The molecule has 2 amide bonds. The highest BCUT2D eigenvalue weighted by atomic mass is 35.5. The molecule has 0 aliphatic carbocycles. The third-order valence-electron chi connectivity index (χ3n) is 3.12. The van der Waals surface area contributed by atoms with Crippen molar-refractivity contribution >= 4 is 33.3 Å². The molecule has 0 fully saturated rings. The van der Waals surface area contributed by atoms with Crippen molar-refractivity contribution in [3.05, 3.63) is 64.7 Å². The normalized spacial score (nSPS) is 11.1. The Morgan fingerprint density at radius 2 is 1.50 bits per heavy atom. The number of amides is 2. The number of urea groups is 1. The van der Waals surface area contributed by atoms with Crippen molar-refractivity contribution < 1.29 is 13.2 Å². The van der Waals surface area contributed by atoms with Crippen molar-refractivity contribution in [2.45, 2.75) is 13.1 Å². The molecule has 8 heteroatoms. The number of benzene rings is 2. The van der Waals surface area contributed by atoms with Gasteiger partial charge in [-0.2, -0.15) is 0 Å². The van der Waals surface area contributed by atoms with Crippen LogP contribution in [0.15, 0.2) is 48.5 Å². The highest BCUT2D eigenvalue weighted by Gasteiger charge is 2.04. The zero-order valence-corrected chi connectivity index (χ0v) is 14.6. The summed E-state index contributed by atoms with van der Waals surface area (Å²) in [6.45, 7) is 0.598. The van der Waals surface area contributed by atoms with E-state index < -0.39 is 10.0 Å². The molecule has 6 nitrogen and oxygen atoms in total. The van der Waals surface area contributed by atoms with Crippen molar-refractivity contribution in [3.8, 4) is 0 Å². The predicted octanol–water partition coefficient (Wildman–Crippen LogP) is 2.71. The Morgan fingerprint density at radius 3 is 2.08 bits per heavy atom. The first-order valence-corrected chi connectivity index (χ1v) is 9.42. The monoisotopic (exact) mass is 367 g/mol. The van der Waals surface area contributed by atoms with E-state index in [0.29, 0.717) is 17.3 Å². The largest absolute Gasteiger partial charge is 0.334 e. The molecule has 128 valence electrons. The van der Waals surface area contributed by atoms with Crippen molar-refractivity contribution in [3.63, 3.8) is 0 Å². The second-order valence-electron chi connectivity index (χ2n) is 5.22. The molecule has 3 N–H and O–H groups in total. The van der Waals surface area contributed by atoms with E-state index in [9.17, 15) is 13.2 Å². The van der Waals surface area contributed by atoms with Gasteiger partial charge in [-0.25, -0.2) is 17.9 Å². The molecule has 0 spiro atoms. The minimum absolute atomic E-state index is 0.210. The summed E-state index contributed by atoms with van der Waals surface area (Å²) >= 11 is 5.80. The highest BCUT2D eigenvalue weighted by Crippen LogP contribution is 2.11. The number of nitrogens with one attached hydrogen (secondary N) is 3. The molecule has 0 radical (unpaired) electrons. The Balaban J connectivity index is 1.82. The first-order valence-electron chi connectivity index (χ1n) is 7.15. The van der Waals surface area contributed by atoms with E-state index in [2.05, 4.69) is 15.4 Å². The van der Waals surface area contributed by atoms with Crippen LogP contribution in [0.3, 0.4) is 0 Å². The number of carbonyl (C=O) groups excluding carboxylic acids is 1. The Labute approximate surface area is 146 Å². The van der Waals surface area contributed by atoms with Crippen LogP contribution in [-0.2, 0) is 23.1 Å². The fourth-order valence-electron chi connectivity index (χ4n) is 1.88. The molecule has 2 aromatic rings. The van der Waals surface area contributed by atoms with Gasteiger partial charge in [-0.15, -0.1) is 0 Å². The standard InChI is InChI=1S/C16H18ClN3O3S/c1-24(22,23)19-11-13-4-8-15(9-5-13)20-16(21)18-10-12-2-6-14(17)7-3-12/h2-9,19H,10-11H2,1H3,(H2,18,20,21). The summed E-state index contributed by atoms with van der Waals surface area (Å²) in [5.41, 5.74) is 2.36. The number of rotatable bonds is 6. The maximum Gasteiger partial charge on any atom is 0.319 e. The van der Waals surface area contributed by atoms with Crippen LogP contribution < -0.4 is 15.4 Å². The molecule has 2 aromatic carbocycles. The topological polar surface area (TPSA) is 87.3 Å². The van der Waals surface area contributed by atoms with Crippen LogP contribution >= 0.6 is 11.6 Å². The molecular weight excluding hydrogens is 350 g/mol. The van der Waals surface area contributed by atoms with Crippen molar-refractivity contribution in [2.75, 3.05) is 11.6 Å². The maximum absolute atomic E-state index is 11.9. The summed E-state index contributed by atoms with van der Waals surface area (Å²) in [5.74, 6) is 0. The van der Waals surface area contributed by atoms with Gasteiger partial charge in [0.2, 0.25) is 10.0 Å². The van der Waals surface area contributed by atoms with Crippen molar-refractivity contribution in [1.29, 1.82) is 0 Å². The average molecular weight is 368 g/mol. The lowest BCUT2D eigenvalue weighted by Crippen LogP contribution is -2.28. The minimum atomic E-state index is -3.23. The van der Waals surface area contributed by atoms with Crippen molar-refractivity contribution in [1.82, 2.24) is 10.0 Å². The highest BCUT2D eigenvalue weighted by molar-refractivity contribution is 7.88. The molecule has 0 saturated carbocycles. The molecule has 24 heavy (non-hydrogen) atoms. The number of hydrogen-bond donors (Lipinski definition) is 3. The van der Waals surface area contributed by atoms with E-state index in [1.165, 1.54) is 0 Å². The van der Waals surface area contributed by atoms with Gasteiger partial charge in [0, 0.05) is 23.8 Å². The molecule has 0 aliphatic heterocycles. The number of sulfonamides is 1. The summed E-state index contributed by atoms with van der Waals surface area (Å²) in [6, 6.07) is 13.8. The van der Waals surface area contributed by atoms with Crippen LogP contribution in [0, 0.1) is 0 Å². The minimum Gasteiger partial charge on any atom is -0.334 e. The zero-order valence-electron chi connectivity index (χ0n) is 13.0. The Hall–Kier alpha value is -2.09. The number of carbonyl (C=O) groups is 1. The SMILES string of the molecule is CS(=O)(=O)NCc1ccc(NC(=O)NCc2ccc(Cl)cc2)cc1. The molecule has 0 atom stereocenters. The average Bonchev–Trinajstić information content (AvgIpc) is 2.53. The fourth-order valence-corrected chi connectivity index (χ4v) is 2.44. The van der Waals surface area contributed by atoms with E-state index in [1.54, 1.807) is 36.4 Å². The summed E-state index contributed by atoms with van der Waals surface area (Å²) in [7, 11) is -3.23. The number of anilines is 1. The van der Waals surface area contributed by atoms with Gasteiger partial charge in [-0.3, -0.25) is 0 Å². The lowest BCUT2D eigenvalue weighted by molar-refractivity contribution is 0.251. The molecule has 0 aliphatic rings. The summed E-state index contributed by atoms with van der Waals surface area (Å²) in [6.07, 6.45) is 1.11. The van der Waals surface area contributed by atoms with Gasteiger partial charge >= 0.3 is 6.03 Å². The van der Waals surface area contributed by atoms with Crippen molar-refractivity contribution in [2.24, 2.45) is 0 Å². The van der Waals surface area contributed by atoms with E-state index in [4.69, 9.17) is 11.6 Å². The third kappa shape index (κ3) is 6.57. The lowest BCUT2D eigenvalue weighted by Gasteiger charge is -2.09. The van der Waals surface area contributed by atoms with Crippen LogP contribution in [0.2, 0.25) is 5.02 Å². The first kappa shape index (κ1) is 18.3. The Kier molecular flexibility index (Phi) is 6.19. The van der Waals surface area contributed by atoms with Gasteiger partial charge in [0.1, 0.15) is 0 Å². The molecule has 0 unspecified atom stereocenters. The van der Waals surface area contributed by atoms with E-state index in [0.717, 1.165) is 17.4 Å². The smallest absolute Gasteiger partial charge is 0.319 e. The first-order chi connectivity index (χ1) is 11.3. The van der Waals surface area contributed by atoms with E-state index in [1.807, 2.05) is 12.1 Å². The van der Waals surface area contributed by atoms with Crippen LogP contribution in [0.25, 0.3) is 0 Å². The second-order valence-corrected chi connectivity index (χ2v) is 7.49. The quantitative estimate of drug-likeness (QED) is 0.733. The molecule has 2 rings (SSSR count). The molecule has 0 saturated heterocycles. The third-order valence-corrected chi connectivity index (χ3v) is 4.04. The van der Waals surface area contributed by atoms with Gasteiger partial charge in [0.05, 0.1) is 6.26 Å². The van der Waals surface area contributed by atoms with Crippen LogP contribution in [0.4, 0.5) is 10.5 Å². The summed E-state index contributed by atoms with van der Waals surface area (Å²) in [5, 5.41) is 6.10. The molecular formula is C16H18ClN3O3S. The number of halogens is 1. The van der Waals surface area contributed by atoms with E-state index >= 15 is 0 Å². The lowest BCUT2D eigenvalue weighted by atomic mass is 10.2. The van der Waals surface area contributed by atoms with Gasteiger partial charge in [-0.05, 0) is 35.4 Å².